The molecule has 0 radical (unpaired) electrons. The van der Waals surface area contributed by atoms with Gasteiger partial charge in [-0.3, -0.25) is 9.59 Å². The number of hydrogen-bond donors (Lipinski definition) is 0. The second-order valence-electron chi connectivity index (χ2n) is 5.65. The molecular weight excluding hydrogens is 347 g/mol. The molecule has 1 heterocycles. The largest absolute Gasteiger partial charge is 0.325 e. The maximum Gasteiger partial charge on any atom is 0.254 e. The average molecular weight is 363 g/mol. The van der Waals surface area contributed by atoms with E-state index in [9.17, 15) is 9.59 Å². The number of benzene rings is 2. The minimum Gasteiger partial charge on any atom is -0.325 e. The fourth-order valence-electron chi connectivity index (χ4n) is 2.81. The number of rotatable bonds is 2. The van der Waals surface area contributed by atoms with E-state index < -0.39 is 6.04 Å². The van der Waals surface area contributed by atoms with Gasteiger partial charge in [0.25, 0.3) is 5.91 Å². The maximum absolute atomic E-state index is 12.7. The van der Waals surface area contributed by atoms with E-state index in [1.54, 1.807) is 65.3 Å². The molecule has 0 saturated carbocycles. The number of carbonyl (C=O) groups is 2. The van der Waals surface area contributed by atoms with E-state index in [0.717, 1.165) is 5.69 Å². The van der Waals surface area contributed by atoms with Gasteiger partial charge in [-0.05, 0) is 49.4 Å². The lowest BCUT2D eigenvalue weighted by molar-refractivity contribution is -0.124. The average Bonchev–Trinajstić information content (AvgIpc) is 2.58. The lowest BCUT2D eigenvalue weighted by atomic mass is 10.1. The van der Waals surface area contributed by atoms with Gasteiger partial charge in [0.05, 0.1) is 0 Å². The Hall–Kier alpha value is -2.04. The van der Waals surface area contributed by atoms with E-state index in [2.05, 4.69) is 0 Å². The number of hydrogen-bond acceptors (Lipinski definition) is 2. The van der Waals surface area contributed by atoms with Crippen molar-refractivity contribution in [3.05, 3.63) is 64.1 Å². The number of nitrogens with zero attached hydrogens (tertiary/aromatic N) is 2. The molecule has 4 nitrogen and oxygen atoms in total. The van der Waals surface area contributed by atoms with E-state index >= 15 is 0 Å². The van der Waals surface area contributed by atoms with E-state index in [-0.39, 0.29) is 11.8 Å². The SMILES string of the molecule is C[C@H]1C(=O)N(c2ccc(Cl)cc2)CCN1C(=O)c1cccc(Cl)c1. The topological polar surface area (TPSA) is 40.6 Å². The minimum atomic E-state index is -0.541. The molecule has 0 aromatic heterocycles. The third kappa shape index (κ3) is 3.25. The molecule has 0 N–H and O–H groups in total. The van der Waals surface area contributed by atoms with Crippen molar-refractivity contribution in [1.82, 2.24) is 4.90 Å². The number of carbonyl (C=O) groups excluding carboxylic acids is 2. The Morgan fingerprint density at radius 1 is 1.04 bits per heavy atom. The van der Waals surface area contributed by atoms with Gasteiger partial charge in [-0.15, -0.1) is 0 Å². The van der Waals surface area contributed by atoms with Crippen LogP contribution in [0.5, 0.6) is 0 Å². The zero-order valence-corrected chi connectivity index (χ0v) is 14.6. The van der Waals surface area contributed by atoms with Crippen LogP contribution in [0.25, 0.3) is 0 Å². The van der Waals surface area contributed by atoms with E-state index in [0.29, 0.717) is 28.7 Å². The van der Waals surface area contributed by atoms with Crippen molar-refractivity contribution in [3.63, 3.8) is 0 Å². The van der Waals surface area contributed by atoms with Crippen LogP contribution in [0.1, 0.15) is 17.3 Å². The van der Waals surface area contributed by atoms with Crippen molar-refractivity contribution < 1.29 is 9.59 Å². The van der Waals surface area contributed by atoms with Crippen molar-refractivity contribution in [3.8, 4) is 0 Å². The van der Waals surface area contributed by atoms with Gasteiger partial charge in [0.15, 0.2) is 0 Å². The van der Waals surface area contributed by atoms with Crippen LogP contribution >= 0.6 is 23.2 Å². The van der Waals surface area contributed by atoms with Gasteiger partial charge >= 0.3 is 0 Å². The van der Waals surface area contributed by atoms with Crippen LogP contribution in [0, 0.1) is 0 Å². The second-order valence-corrected chi connectivity index (χ2v) is 6.52. The zero-order chi connectivity index (χ0) is 17.3. The van der Waals surface area contributed by atoms with E-state index in [1.165, 1.54) is 0 Å². The summed E-state index contributed by atoms with van der Waals surface area (Å²) in [5.41, 5.74) is 1.27. The molecule has 1 aliphatic heterocycles. The highest BCUT2D eigenvalue weighted by molar-refractivity contribution is 6.31. The molecule has 1 aliphatic rings. The van der Waals surface area contributed by atoms with Gasteiger partial charge in [0, 0.05) is 34.4 Å². The summed E-state index contributed by atoms with van der Waals surface area (Å²) < 4.78 is 0. The van der Waals surface area contributed by atoms with Gasteiger partial charge < -0.3 is 9.80 Å². The van der Waals surface area contributed by atoms with Crippen LogP contribution in [-0.2, 0) is 4.79 Å². The summed E-state index contributed by atoms with van der Waals surface area (Å²) in [4.78, 5) is 28.6. The Balaban J connectivity index is 1.79. The first-order valence-electron chi connectivity index (χ1n) is 7.61. The molecule has 2 aromatic rings. The number of amides is 2. The molecule has 1 atom stereocenters. The Kier molecular flexibility index (Phi) is 4.78. The van der Waals surface area contributed by atoms with Gasteiger partial charge in [-0.2, -0.15) is 0 Å². The molecular formula is C18H16Cl2N2O2. The van der Waals surface area contributed by atoms with Crippen LogP contribution in [0.15, 0.2) is 48.5 Å². The molecule has 6 heteroatoms. The Morgan fingerprint density at radius 2 is 1.75 bits per heavy atom. The van der Waals surface area contributed by atoms with Crippen LogP contribution in [-0.4, -0.2) is 35.8 Å². The van der Waals surface area contributed by atoms with Crippen LogP contribution in [0.4, 0.5) is 5.69 Å². The third-order valence-electron chi connectivity index (χ3n) is 4.13. The zero-order valence-electron chi connectivity index (χ0n) is 13.1. The first-order chi connectivity index (χ1) is 11.5. The fourth-order valence-corrected chi connectivity index (χ4v) is 3.13. The first-order valence-corrected chi connectivity index (χ1v) is 8.36. The van der Waals surface area contributed by atoms with Crippen molar-refractivity contribution in [2.45, 2.75) is 13.0 Å². The summed E-state index contributed by atoms with van der Waals surface area (Å²) in [5, 5.41) is 1.12. The van der Waals surface area contributed by atoms with Crippen molar-refractivity contribution >= 4 is 40.7 Å². The van der Waals surface area contributed by atoms with Crippen LogP contribution in [0.2, 0.25) is 10.0 Å². The Bertz CT molecular complexity index is 777. The maximum atomic E-state index is 12.7. The monoisotopic (exact) mass is 362 g/mol. The summed E-state index contributed by atoms with van der Waals surface area (Å²) >= 11 is 11.8. The minimum absolute atomic E-state index is 0.112. The fraction of sp³-hybridized carbons (Fsp3) is 0.222. The molecule has 1 saturated heterocycles. The molecule has 0 spiro atoms. The van der Waals surface area contributed by atoms with Gasteiger partial charge in [-0.25, -0.2) is 0 Å². The molecule has 0 aliphatic carbocycles. The third-order valence-corrected chi connectivity index (χ3v) is 4.61. The number of piperazine rings is 1. The summed E-state index contributed by atoms with van der Waals surface area (Å²) in [7, 11) is 0. The van der Waals surface area contributed by atoms with Crippen molar-refractivity contribution in [1.29, 1.82) is 0 Å². The lowest BCUT2D eigenvalue weighted by Crippen LogP contribution is -2.57. The quantitative estimate of drug-likeness (QED) is 0.813. The Morgan fingerprint density at radius 3 is 2.42 bits per heavy atom. The van der Waals surface area contributed by atoms with Crippen LogP contribution in [0.3, 0.4) is 0 Å². The van der Waals surface area contributed by atoms with E-state index in [1.807, 2.05) is 0 Å². The highest BCUT2D eigenvalue weighted by atomic mass is 35.5. The van der Waals surface area contributed by atoms with Crippen molar-refractivity contribution in [2.75, 3.05) is 18.0 Å². The second kappa shape index (κ2) is 6.83. The predicted molar refractivity (Wildman–Crippen MR) is 95.8 cm³/mol. The summed E-state index contributed by atoms with van der Waals surface area (Å²) in [6, 6.07) is 13.3. The summed E-state index contributed by atoms with van der Waals surface area (Å²) in [6.45, 7) is 2.64. The van der Waals surface area contributed by atoms with Crippen molar-refractivity contribution in [2.24, 2.45) is 0 Å². The summed E-state index contributed by atoms with van der Waals surface area (Å²) in [6.07, 6.45) is 0. The molecule has 0 unspecified atom stereocenters. The number of anilines is 1. The lowest BCUT2D eigenvalue weighted by Gasteiger charge is -2.39. The molecule has 1 fully saturated rings. The van der Waals surface area contributed by atoms with Gasteiger partial charge in [-0.1, -0.05) is 29.3 Å². The highest BCUT2D eigenvalue weighted by Crippen LogP contribution is 2.24. The smallest absolute Gasteiger partial charge is 0.254 e. The number of halogens is 2. The predicted octanol–water partition coefficient (Wildman–Crippen LogP) is 3.87. The molecule has 2 aromatic carbocycles. The Labute approximate surface area is 150 Å². The molecule has 2 amide bonds. The highest BCUT2D eigenvalue weighted by Gasteiger charge is 2.35. The van der Waals surface area contributed by atoms with Crippen LogP contribution < -0.4 is 4.90 Å². The van der Waals surface area contributed by atoms with Gasteiger partial charge in [0.1, 0.15) is 6.04 Å². The normalized spacial score (nSPS) is 18.0. The standard InChI is InChI=1S/C18H16Cl2N2O2/c1-12-17(23)22(16-7-5-14(19)6-8-16)10-9-21(12)18(24)13-3-2-4-15(20)11-13/h2-8,11-12H,9-10H2,1H3/t12-/m0/s1. The first kappa shape index (κ1) is 16.8. The molecule has 124 valence electrons. The van der Waals surface area contributed by atoms with Gasteiger partial charge in [0.2, 0.25) is 5.91 Å². The molecule has 24 heavy (non-hydrogen) atoms. The molecule has 3 rings (SSSR count). The summed E-state index contributed by atoms with van der Waals surface area (Å²) in [5.74, 6) is -0.298. The van der Waals surface area contributed by atoms with E-state index in [4.69, 9.17) is 23.2 Å². The molecule has 0 bridgehead atoms.